The van der Waals surface area contributed by atoms with E-state index in [1.165, 1.54) is 10.4 Å². The molecule has 1 aliphatic heterocycles. The number of para-hydroxylation sites is 1. The summed E-state index contributed by atoms with van der Waals surface area (Å²) in [5.41, 5.74) is 3.78. The maximum Gasteiger partial charge on any atom is 0.133 e. The van der Waals surface area contributed by atoms with Crippen LogP contribution in [0.4, 0.5) is 5.82 Å². The fourth-order valence-corrected chi connectivity index (χ4v) is 3.78. The van der Waals surface area contributed by atoms with E-state index in [0.29, 0.717) is 5.56 Å². The Labute approximate surface area is 139 Å². The third-order valence-electron chi connectivity index (χ3n) is 4.14. The van der Waals surface area contributed by atoms with Gasteiger partial charge in [-0.15, -0.1) is 11.3 Å². The molecule has 5 heteroatoms. The predicted octanol–water partition coefficient (Wildman–Crippen LogP) is 4.22. The molecular weight excluding hydrogens is 304 g/mol. The highest BCUT2D eigenvalue weighted by Gasteiger charge is 2.23. The molecule has 0 bridgehead atoms. The van der Waals surface area contributed by atoms with Crippen molar-refractivity contribution >= 4 is 17.2 Å². The summed E-state index contributed by atoms with van der Waals surface area (Å²) in [6.45, 7) is 0.942. The van der Waals surface area contributed by atoms with E-state index in [1.807, 2.05) is 28.9 Å². The van der Waals surface area contributed by atoms with E-state index < -0.39 is 0 Å². The Balaban J connectivity index is 1.96. The number of aromatic nitrogens is 2. The van der Waals surface area contributed by atoms with Crippen LogP contribution in [0.3, 0.4) is 0 Å². The van der Waals surface area contributed by atoms with Gasteiger partial charge in [-0.05, 0) is 42.8 Å². The lowest BCUT2D eigenvalue weighted by molar-refractivity contribution is 0.780. The maximum absolute atomic E-state index is 9.42. The quantitative estimate of drug-likeness (QED) is 0.769. The van der Waals surface area contributed by atoms with Crippen molar-refractivity contribution in [3.05, 3.63) is 52.9 Å². The molecule has 0 aliphatic carbocycles. The van der Waals surface area contributed by atoms with Gasteiger partial charge in [0, 0.05) is 12.1 Å². The average molecular weight is 320 g/mol. The monoisotopic (exact) mass is 320 g/mol. The molecule has 0 radical (unpaired) electrons. The third kappa shape index (κ3) is 2.41. The fraction of sp³-hybridized carbons (Fsp3) is 0.222. The van der Waals surface area contributed by atoms with Gasteiger partial charge in [0.25, 0.3) is 0 Å². The van der Waals surface area contributed by atoms with Gasteiger partial charge in [0.2, 0.25) is 0 Å². The minimum absolute atomic E-state index is 0.640. The fourth-order valence-electron chi connectivity index (χ4n) is 3.04. The highest BCUT2D eigenvalue weighted by atomic mass is 32.1. The summed E-state index contributed by atoms with van der Waals surface area (Å²) in [6.07, 6.45) is 3.33. The van der Waals surface area contributed by atoms with Crippen LogP contribution in [0.1, 0.15) is 24.0 Å². The van der Waals surface area contributed by atoms with Crippen molar-refractivity contribution in [2.45, 2.75) is 19.3 Å². The molecule has 3 aromatic rings. The van der Waals surface area contributed by atoms with Crippen LogP contribution in [0.25, 0.3) is 16.3 Å². The molecule has 1 aromatic carbocycles. The Hall–Kier alpha value is -2.58. The Morgan fingerprint density at radius 2 is 2.09 bits per heavy atom. The number of hydrogen-bond donors (Lipinski definition) is 1. The topological polar surface area (TPSA) is 53.6 Å². The van der Waals surface area contributed by atoms with Crippen molar-refractivity contribution in [1.82, 2.24) is 9.78 Å². The third-order valence-corrected chi connectivity index (χ3v) is 5.01. The second kappa shape index (κ2) is 5.90. The Kier molecular flexibility index (Phi) is 3.60. The molecule has 0 fully saturated rings. The lowest BCUT2D eigenvalue weighted by Crippen LogP contribution is -2.08. The first-order valence-corrected chi connectivity index (χ1v) is 8.65. The van der Waals surface area contributed by atoms with Crippen LogP contribution in [0.5, 0.6) is 0 Å². The molecule has 0 saturated carbocycles. The maximum atomic E-state index is 9.42. The van der Waals surface area contributed by atoms with Crippen molar-refractivity contribution in [3.63, 3.8) is 0 Å². The zero-order chi connectivity index (χ0) is 15.6. The standard InChI is InChI=1S/C18H16N4S/c19-12-13-6-1-2-8-15(13)22-18-14(7-3-4-10-20-18)17(21-22)16-9-5-11-23-16/h1-2,5-6,8-9,11,20H,3-4,7,10H2. The lowest BCUT2D eigenvalue weighted by atomic mass is 10.1. The minimum atomic E-state index is 0.640. The van der Waals surface area contributed by atoms with E-state index >= 15 is 0 Å². The molecule has 4 rings (SSSR count). The number of nitrogens with one attached hydrogen (secondary N) is 1. The van der Waals surface area contributed by atoms with Crippen LogP contribution >= 0.6 is 11.3 Å². The van der Waals surface area contributed by atoms with Gasteiger partial charge in [-0.2, -0.15) is 10.4 Å². The first-order chi connectivity index (χ1) is 11.4. The van der Waals surface area contributed by atoms with Crippen molar-refractivity contribution in [2.24, 2.45) is 0 Å². The number of nitrogens with zero attached hydrogens (tertiary/aromatic N) is 3. The number of anilines is 1. The molecule has 0 atom stereocenters. The van der Waals surface area contributed by atoms with Crippen LogP contribution in [0.15, 0.2) is 41.8 Å². The normalized spacial score (nSPS) is 13.7. The summed E-state index contributed by atoms with van der Waals surface area (Å²) >= 11 is 1.71. The van der Waals surface area contributed by atoms with Gasteiger partial charge in [0.05, 0.1) is 16.1 Å². The summed E-state index contributed by atoms with van der Waals surface area (Å²) in [7, 11) is 0. The zero-order valence-corrected chi connectivity index (χ0v) is 13.4. The smallest absolute Gasteiger partial charge is 0.133 e. The lowest BCUT2D eigenvalue weighted by Gasteiger charge is -2.10. The second-order valence-electron chi connectivity index (χ2n) is 5.58. The molecule has 0 unspecified atom stereocenters. The molecule has 0 spiro atoms. The van der Waals surface area contributed by atoms with Crippen LogP contribution in [0, 0.1) is 11.3 Å². The molecule has 23 heavy (non-hydrogen) atoms. The van der Waals surface area contributed by atoms with E-state index in [2.05, 4.69) is 28.9 Å². The van der Waals surface area contributed by atoms with E-state index in [0.717, 1.165) is 43.0 Å². The summed E-state index contributed by atoms with van der Waals surface area (Å²) < 4.78 is 1.91. The van der Waals surface area contributed by atoms with Crippen LogP contribution in [-0.2, 0) is 6.42 Å². The number of nitriles is 1. The number of thiophene rings is 1. The number of fused-ring (bicyclic) bond motifs is 1. The van der Waals surface area contributed by atoms with Crippen LogP contribution in [-0.4, -0.2) is 16.3 Å². The van der Waals surface area contributed by atoms with Crippen molar-refractivity contribution in [2.75, 3.05) is 11.9 Å². The predicted molar refractivity (Wildman–Crippen MR) is 93.0 cm³/mol. The summed E-state index contributed by atoms with van der Waals surface area (Å²) in [4.78, 5) is 1.18. The summed E-state index contributed by atoms with van der Waals surface area (Å²) in [5, 5.41) is 19.9. The van der Waals surface area contributed by atoms with Gasteiger partial charge in [0.1, 0.15) is 17.6 Å². The van der Waals surface area contributed by atoms with Gasteiger partial charge in [-0.25, -0.2) is 4.68 Å². The largest absolute Gasteiger partial charge is 0.370 e. The van der Waals surface area contributed by atoms with E-state index in [1.54, 1.807) is 11.3 Å². The molecule has 0 amide bonds. The SMILES string of the molecule is N#Cc1ccccc1-n1nc(-c2cccs2)c2c1NCCCC2. The van der Waals surface area contributed by atoms with Gasteiger partial charge in [-0.3, -0.25) is 0 Å². The molecule has 2 aromatic heterocycles. The average Bonchev–Trinajstić information content (AvgIpc) is 3.17. The zero-order valence-electron chi connectivity index (χ0n) is 12.6. The molecule has 114 valence electrons. The highest BCUT2D eigenvalue weighted by Crippen LogP contribution is 2.36. The number of hydrogen-bond acceptors (Lipinski definition) is 4. The van der Waals surface area contributed by atoms with Crippen molar-refractivity contribution in [1.29, 1.82) is 5.26 Å². The number of rotatable bonds is 2. The molecule has 1 aliphatic rings. The van der Waals surface area contributed by atoms with Gasteiger partial charge < -0.3 is 5.32 Å². The summed E-state index contributed by atoms with van der Waals surface area (Å²) in [5.74, 6) is 1.04. The van der Waals surface area contributed by atoms with E-state index in [4.69, 9.17) is 5.10 Å². The molecule has 3 heterocycles. The van der Waals surface area contributed by atoms with Crippen LogP contribution < -0.4 is 5.32 Å². The van der Waals surface area contributed by atoms with Crippen molar-refractivity contribution in [3.8, 4) is 22.3 Å². The van der Waals surface area contributed by atoms with Gasteiger partial charge in [0.15, 0.2) is 0 Å². The van der Waals surface area contributed by atoms with Crippen LogP contribution in [0.2, 0.25) is 0 Å². The first kappa shape index (κ1) is 14.0. The second-order valence-corrected chi connectivity index (χ2v) is 6.53. The summed E-state index contributed by atoms with van der Waals surface area (Å²) in [6, 6.07) is 14.1. The number of benzene rings is 1. The molecule has 1 N–H and O–H groups in total. The van der Waals surface area contributed by atoms with E-state index in [-0.39, 0.29) is 0 Å². The van der Waals surface area contributed by atoms with Crippen molar-refractivity contribution < 1.29 is 0 Å². The molecular formula is C18H16N4S. The Bertz CT molecular complexity index is 871. The van der Waals surface area contributed by atoms with Gasteiger partial charge >= 0.3 is 0 Å². The molecule has 0 saturated heterocycles. The van der Waals surface area contributed by atoms with Gasteiger partial charge in [-0.1, -0.05) is 18.2 Å². The minimum Gasteiger partial charge on any atom is -0.370 e. The highest BCUT2D eigenvalue weighted by molar-refractivity contribution is 7.13. The van der Waals surface area contributed by atoms with E-state index in [9.17, 15) is 5.26 Å². The Morgan fingerprint density at radius 3 is 2.91 bits per heavy atom. The first-order valence-electron chi connectivity index (χ1n) is 7.77. The molecule has 4 nitrogen and oxygen atoms in total. The Morgan fingerprint density at radius 1 is 1.17 bits per heavy atom.